The van der Waals surface area contributed by atoms with E-state index in [9.17, 15) is 0 Å². The Labute approximate surface area is 94.6 Å². The smallest absolute Gasteiger partial charge is 0.00395 e. The summed E-state index contributed by atoms with van der Waals surface area (Å²) >= 11 is 0. The molecule has 15 heavy (non-hydrogen) atoms. The lowest BCUT2D eigenvalue weighted by Crippen LogP contribution is -2.40. The topological polar surface area (TPSA) is 6.48 Å². The van der Waals surface area contributed by atoms with E-state index in [0.717, 1.165) is 5.92 Å². The zero-order valence-electron chi connectivity index (χ0n) is 10.6. The van der Waals surface area contributed by atoms with E-state index in [2.05, 4.69) is 30.7 Å². The Morgan fingerprint density at radius 2 is 1.67 bits per heavy atom. The van der Waals surface area contributed by atoms with Gasteiger partial charge in [0, 0.05) is 13.1 Å². The molecule has 0 unspecified atom stereocenters. The van der Waals surface area contributed by atoms with Gasteiger partial charge in [0.05, 0.1) is 0 Å². The molecule has 0 amide bonds. The number of hydrogen-bond acceptors (Lipinski definition) is 2. The molecule has 0 atom stereocenters. The molecule has 0 radical (unpaired) electrons. The Morgan fingerprint density at radius 3 is 2.27 bits per heavy atom. The van der Waals surface area contributed by atoms with Crippen molar-refractivity contribution < 1.29 is 0 Å². The van der Waals surface area contributed by atoms with Crippen LogP contribution in [0.1, 0.15) is 33.1 Å². The van der Waals surface area contributed by atoms with Crippen molar-refractivity contribution in [2.75, 3.05) is 39.8 Å². The third kappa shape index (κ3) is 2.73. The average molecular weight is 210 g/mol. The molecule has 0 aromatic carbocycles. The van der Waals surface area contributed by atoms with E-state index in [1.165, 1.54) is 52.0 Å². The minimum absolute atomic E-state index is 0.696. The number of rotatable bonds is 2. The third-order valence-electron chi connectivity index (χ3n) is 4.19. The summed E-state index contributed by atoms with van der Waals surface area (Å²) in [5.41, 5.74) is 0.696. The van der Waals surface area contributed by atoms with Crippen molar-refractivity contribution in [3.8, 4) is 0 Å². The molecule has 0 aromatic heterocycles. The Kier molecular flexibility index (Phi) is 3.36. The highest BCUT2D eigenvalue weighted by Crippen LogP contribution is 2.40. The number of likely N-dealkylation sites (tertiary alicyclic amines) is 2. The monoisotopic (exact) mass is 210 g/mol. The van der Waals surface area contributed by atoms with Gasteiger partial charge in [-0.25, -0.2) is 0 Å². The minimum Gasteiger partial charge on any atom is -0.306 e. The van der Waals surface area contributed by atoms with Crippen molar-refractivity contribution in [3.05, 3.63) is 0 Å². The van der Waals surface area contributed by atoms with Crippen LogP contribution in [0.25, 0.3) is 0 Å². The molecule has 0 saturated carbocycles. The van der Waals surface area contributed by atoms with Crippen molar-refractivity contribution in [3.63, 3.8) is 0 Å². The van der Waals surface area contributed by atoms with Gasteiger partial charge in [-0.05, 0) is 57.3 Å². The summed E-state index contributed by atoms with van der Waals surface area (Å²) in [6.07, 6.45) is 4.31. The normalized spacial score (nSPS) is 28.0. The third-order valence-corrected chi connectivity index (χ3v) is 4.19. The molecule has 2 rings (SSSR count). The van der Waals surface area contributed by atoms with Crippen molar-refractivity contribution in [1.82, 2.24) is 9.80 Å². The molecule has 2 fully saturated rings. The highest BCUT2D eigenvalue weighted by molar-refractivity contribution is 4.93. The van der Waals surface area contributed by atoms with Crippen molar-refractivity contribution >= 4 is 0 Å². The van der Waals surface area contributed by atoms with Crippen molar-refractivity contribution in [2.45, 2.75) is 33.1 Å². The summed E-state index contributed by atoms with van der Waals surface area (Å²) in [4.78, 5) is 5.17. The highest BCUT2D eigenvalue weighted by atomic mass is 15.2. The van der Waals surface area contributed by atoms with E-state index in [-0.39, 0.29) is 0 Å². The summed E-state index contributed by atoms with van der Waals surface area (Å²) in [7, 11) is 2.26. The summed E-state index contributed by atoms with van der Waals surface area (Å²) in [6, 6.07) is 0. The predicted octanol–water partition coefficient (Wildman–Crippen LogP) is 2.06. The second-order valence-corrected chi connectivity index (χ2v) is 6.18. The SMILES string of the molecule is CC(C)CN1CCC2(CCN(C)CC2)C1. The van der Waals surface area contributed by atoms with Gasteiger partial charge in [0.2, 0.25) is 0 Å². The van der Waals surface area contributed by atoms with Gasteiger partial charge < -0.3 is 9.80 Å². The lowest BCUT2D eigenvalue weighted by molar-refractivity contribution is 0.123. The summed E-state index contributed by atoms with van der Waals surface area (Å²) < 4.78 is 0. The van der Waals surface area contributed by atoms with Crippen LogP contribution < -0.4 is 0 Å². The maximum Gasteiger partial charge on any atom is 0.00395 e. The fourth-order valence-electron chi connectivity index (χ4n) is 3.20. The van der Waals surface area contributed by atoms with E-state index in [1.54, 1.807) is 0 Å². The zero-order chi connectivity index (χ0) is 10.9. The molecule has 0 bridgehead atoms. The van der Waals surface area contributed by atoms with Crippen LogP contribution in [0.5, 0.6) is 0 Å². The first-order valence-corrected chi connectivity index (χ1v) is 6.51. The van der Waals surface area contributed by atoms with Crippen molar-refractivity contribution in [2.24, 2.45) is 11.3 Å². The molecule has 2 heteroatoms. The Balaban J connectivity index is 1.85. The molecule has 2 heterocycles. The van der Waals surface area contributed by atoms with Crippen molar-refractivity contribution in [1.29, 1.82) is 0 Å². The maximum atomic E-state index is 2.69. The highest BCUT2D eigenvalue weighted by Gasteiger charge is 2.39. The molecule has 0 aromatic rings. The predicted molar refractivity (Wildman–Crippen MR) is 65.1 cm³/mol. The van der Waals surface area contributed by atoms with Gasteiger partial charge in [-0.15, -0.1) is 0 Å². The molecule has 2 aliphatic rings. The quantitative estimate of drug-likeness (QED) is 0.688. The molecule has 88 valence electrons. The first kappa shape index (κ1) is 11.4. The van der Waals surface area contributed by atoms with Gasteiger partial charge >= 0.3 is 0 Å². The van der Waals surface area contributed by atoms with Crippen LogP contribution in [0, 0.1) is 11.3 Å². The van der Waals surface area contributed by atoms with Crippen LogP contribution in [0.15, 0.2) is 0 Å². The van der Waals surface area contributed by atoms with Gasteiger partial charge in [0.25, 0.3) is 0 Å². The molecule has 2 nitrogen and oxygen atoms in total. The van der Waals surface area contributed by atoms with Crippen LogP contribution in [0.2, 0.25) is 0 Å². The summed E-state index contributed by atoms with van der Waals surface area (Å²) in [6.45, 7) is 11.3. The first-order chi connectivity index (χ1) is 7.10. The zero-order valence-corrected chi connectivity index (χ0v) is 10.6. The fraction of sp³-hybridized carbons (Fsp3) is 1.00. The Bertz CT molecular complexity index is 205. The second kappa shape index (κ2) is 4.42. The van der Waals surface area contributed by atoms with Crippen LogP contribution >= 0.6 is 0 Å². The van der Waals surface area contributed by atoms with Crippen LogP contribution in [0.3, 0.4) is 0 Å². The van der Waals surface area contributed by atoms with E-state index in [1.807, 2.05) is 0 Å². The molecular weight excluding hydrogens is 184 g/mol. The summed E-state index contributed by atoms with van der Waals surface area (Å²) in [5, 5.41) is 0. The largest absolute Gasteiger partial charge is 0.306 e. The number of hydrogen-bond donors (Lipinski definition) is 0. The van der Waals surface area contributed by atoms with Crippen LogP contribution in [-0.4, -0.2) is 49.6 Å². The van der Waals surface area contributed by atoms with Gasteiger partial charge in [-0.3, -0.25) is 0 Å². The van der Waals surface area contributed by atoms with Gasteiger partial charge in [-0.2, -0.15) is 0 Å². The van der Waals surface area contributed by atoms with Gasteiger partial charge in [-0.1, -0.05) is 13.8 Å². The Morgan fingerprint density at radius 1 is 1.07 bits per heavy atom. The first-order valence-electron chi connectivity index (χ1n) is 6.51. The van der Waals surface area contributed by atoms with Gasteiger partial charge in [0.1, 0.15) is 0 Å². The number of nitrogens with zero attached hydrogens (tertiary/aromatic N) is 2. The standard InChI is InChI=1S/C13H26N2/c1-12(2)10-15-9-6-13(11-15)4-7-14(3)8-5-13/h12H,4-11H2,1-3H3. The Hall–Kier alpha value is -0.0800. The lowest BCUT2D eigenvalue weighted by atomic mass is 9.78. The van der Waals surface area contributed by atoms with E-state index in [4.69, 9.17) is 0 Å². The van der Waals surface area contributed by atoms with E-state index >= 15 is 0 Å². The van der Waals surface area contributed by atoms with Gasteiger partial charge in [0.15, 0.2) is 0 Å². The minimum atomic E-state index is 0.696. The fourth-order valence-corrected chi connectivity index (χ4v) is 3.20. The molecular formula is C13H26N2. The summed E-state index contributed by atoms with van der Waals surface area (Å²) in [5.74, 6) is 0.825. The lowest BCUT2D eigenvalue weighted by Gasteiger charge is -2.38. The van der Waals surface area contributed by atoms with E-state index < -0.39 is 0 Å². The number of piperidine rings is 1. The molecule has 2 saturated heterocycles. The second-order valence-electron chi connectivity index (χ2n) is 6.18. The average Bonchev–Trinajstić information content (AvgIpc) is 2.54. The molecule has 2 aliphatic heterocycles. The maximum absolute atomic E-state index is 2.69. The molecule has 0 N–H and O–H groups in total. The van der Waals surface area contributed by atoms with Crippen LogP contribution in [-0.2, 0) is 0 Å². The van der Waals surface area contributed by atoms with E-state index in [0.29, 0.717) is 5.41 Å². The molecule has 0 aliphatic carbocycles. The van der Waals surface area contributed by atoms with Crippen LogP contribution in [0.4, 0.5) is 0 Å². The molecule has 1 spiro atoms.